The molecule has 26 heavy (non-hydrogen) atoms. The van der Waals surface area contributed by atoms with Gasteiger partial charge in [0.05, 0.1) is 11.6 Å². The first-order chi connectivity index (χ1) is 12.7. The van der Waals surface area contributed by atoms with Gasteiger partial charge in [0.1, 0.15) is 16.9 Å². The van der Waals surface area contributed by atoms with Gasteiger partial charge < -0.3 is 15.3 Å². The summed E-state index contributed by atoms with van der Waals surface area (Å²) >= 11 is 1.40. The first-order valence-corrected chi connectivity index (χ1v) is 9.24. The van der Waals surface area contributed by atoms with Crippen molar-refractivity contribution in [1.29, 1.82) is 0 Å². The van der Waals surface area contributed by atoms with Crippen LogP contribution in [0.4, 0.5) is 0 Å². The molecule has 0 saturated carbocycles. The molecule has 1 amide bonds. The van der Waals surface area contributed by atoms with Crippen molar-refractivity contribution in [3.8, 4) is 0 Å². The number of aromatic amines is 2. The summed E-state index contributed by atoms with van der Waals surface area (Å²) in [6.45, 7) is 2.46. The minimum Gasteiger partial charge on any atom is -0.361 e. The Labute approximate surface area is 154 Å². The van der Waals surface area contributed by atoms with E-state index in [1.54, 1.807) is 6.33 Å². The highest BCUT2D eigenvalue weighted by Gasteiger charge is 2.17. The molecule has 1 atom stereocenters. The number of para-hydroxylation sites is 1. The summed E-state index contributed by atoms with van der Waals surface area (Å²) in [4.78, 5) is 31.1. The lowest BCUT2D eigenvalue weighted by atomic mass is 10.1. The Hall–Kier alpha value is -2.87. The van der Waals surface area contributed by atoms with Gasteiger partial charge in [-0.15, -0.1) is 0 Å². The van der Waals surface area contributed by atoms with Crippen molar-refractivity contribution in [2.45, 2.75) is 23.6 Å². The van der Waals surface area contributed by atoms with Crippen LogP contribution < -0.4 is 5.32 Å². The standard InChI is InChI=1S/C18H18N6OS/c1-11(26-18-15-16(22-9-21-15)23-10-24-18)17(25)19-7-6-12-8-20-14-5-3-2-4-13(12)14/h2-5,8-11,20H,6-7H2,1H3,(H,19,25)(H,21,22,23,24). The van der Waals surface area contributed by atoms with Crippen molar-refractivity contribution >= 4 is 39.7 Å². The third kappa shape index (κ3) is 3.28. The van der Waals surface area contributed by atoms with Gasteiger partial charge in [0.15, 0.2) is 5.65 Å². The normalized spacial score (nSPS) is 12.5. The highest BCUT2D eigenvalue weighted by molar-refractivity contribution is 8.00. The maximum atomic E-state index is 12.4. The molecule has 3 N–H and O–H groups in total. The summed E-state index contributed by atoms with van der Waals surface area (Å²) in [6, 6.07) is 8.17. The number of amides is 1. The lowest BCUT2D eigenvalue weighted by molar-refractivity contribution is -0.120. The van der Waals surface area contributed by atoms with Crippen LogP contribution in [0.25, 0.3) is 22.1 Å². The van der Waals surface area contributed by atoms with Crippen molar-refractivity contribution in [1.82, 2.24) is 30.2 Å². The summed E-state index contributed by atoms with van der Waals surface area (Å²) in [5.41, 5.74) is 3.69. The van der Waals surface area contributed by atoms with E-state index in [4.69, 9.17) is 0 Å². The molecular weight excluding hydrogens is 348 g/mol. The molecule has 0 aliphatic rings. The third-order valence-corrected chi connectivity index (χ3v) is 5.31. The number of hydrogen-bond donors (Lipinski definition) is 3. The molecule has 0 bridgehead atoms. The van der Waals surface area contributed by atoms with Crippen LogP contribution in [-0.4, -0.2) is 42.6 Å². The van der Waals surface area contributed by atoms with Crippen LogP contribution in [0.3, 0.4) is 0 Å². The average molecular weight is 366 g/mol. The third-order valence-electron chi connectivity index (χ3n) is 4.21. The van der Waals surface area contributed by atoms with Crippen molar-refractivity contribution in [2.24, 2.45) is 0 Å². The maximum Gasteiger partial charge on any atom is 0.233 e. The predicted octanol–water partition coefficient (Wildman–Crippen LogP) is 2.67. The predicted molar refractivity (Wildman–Crippen MR) is 102 cm³/mol. The van der Waals surface area contributed by atoms with Crippen LogP contribution >= 0.6 is 11.8 Å². The Morgan fingerprint density at radius 1 is 1.23 bits per heavy atom. The largest absolute Gasteiger partial charge is 0.361 e. The van der Waals surface area contributed by atoms with Gasteiger partial charge in [-0.25, -0.2) is 15.0 Å². The molecule has 7 nitrogen and oxygen atoms in total. The van der Waals surface area contributed by atoms with Crippen molar-refractivity contribution < 1.29 is 4.79 Å². The molecule has 0 fully saturated rings. The number of H-pyrrole nitrogens is 2. The number of benzene rings is 1. The number of carbonyl (C=O) groups excluding carboxylic acids is 1. The zero-order chi connectivity index (χ0) is 17.9. The fourth-order valence-electron chi connectivity index (χ4n) is 2.86. The Morgan fingerprint density at radius 3 is 3.04 bits per heavy atom. The van der Waals surface area contributed by atoms with E-state index < -0.39 is 0 Å². The van der Waals surface area contributed by atoms with E-state index in [0.717, 1.165) is 22.5 Å². The number of thioether (sulfide) groups is 1. The minimum absolute atomic E-state index is 0.0129. The molecule has 3 heterocycles. The molecule has 8 heteroatoms. The Bertz CT molecular complexity index is 1060. The van der Waals surface area contributed by atoms with Crippen LogP contribution in [0.1, 0.15) is 12.5 Å². The highest BCUT2D eigenvalue weighted by Crippen LogP contribution is 2.26. The fourth-order valence-corrected chi connectivity index (χ4v) is 3.76. The second kappa shape index (κ2) is 7.17. The van der Waals surface area contributed by atoms with Crippen molar-refractivity contribution in [2.75, 3.05) is 6.54 Å². The second-order valence-electron chi connectivity index (χ2n) is 5.94. The molecule has 1 unspecified atom stereocenters. The van der Waals surface area contributed by atoms with Crippen LogP contribution in [0.5, 0.6) is 0 Å². The van der Waals surface area contributed by atoms with Crippen molar-refractivity contribution in [3.63, 3.8) is 0 Å². The van der Waals surface area contributed by atoms with Gasteiger partial charge in [-0.2, -0.15) is 0 Å². The molecule has 0 saturated heterocycles. The fraction of sp³-hybridized carbons (Fsp3) is 0.222. The second-order valence-corrected chi connectivity index (χ2v) is 7.27. The smallest absolute Gasteiger partial charge is 0.233 e. The molecule has 4 aromatic rings. The van der Waals surface area contributed by atoms with E-state index in [2.05, 4.69) is 36.3 Å². The summed E-state index contributed by atoms with van der Waals surface area (Å²) in [5.74, 6) is -0.0129. The zero-order valence-electron chi connectivity index (χ0n) is 14.2. The molecule has 0 radical (unpaired) electrons. The van der Waals surface area contributed by atoms with Gasteiger partial charge in [0.2, 0.25) is 5.91 Å². The number of nitrogens with zero attached hydrogens (tertiary/aromatic N) is 3. The number of hydrogen-bond acceptors (Lipinski definition) is 5. The van der Waals surface area contributed by atoms with Gasteiger partial charge in [0, 0.05) is 23.6 Å². The van der Waals surface area contributed by atoms with Gasteiger partial charge in [-0.1, -0.05) is 30.0 Å². The SMILES string of the molecule is CC(Sc1ncnc2nc[nH]c12)C(=O)NCCc1c[nH]c2ccccc12. The lowest BCUT2D eigenvalue weighted by Crippen LogP contribution is -2.32. The zero-order valence-corrected chi connectivity index (χ0v) is 15.0. The van der Waals surface area contributed by atoms with Gasteiger partial charge >= 0.3 is 0 Å². The minimum atomic E-state index is -0.264. The molecule has 4 rings (SSSR count). The Balaban J connectivity index is 1.35. The number of nitrogens with one attached hydrogen (secondary N) is 3. The number of imidazole rings is 1. The van der Waals surface area contributed by atoms with E-state index in [1.807, 2.05) is 31.3 Å². The van der Waals surface area contributed by atoms with E-state index >= 15 is 0 Å². The van der Waals surface area contributed by atoms with Crippen LogP contribution in [-0.2, 0) is 11.2 Å². The van der Waals surface area contributed by atoms with E-state index in [9.17, 15) is 4.79 Å². The summed E-state index contributed by atoms with van der Waals surface area (Å²) in [6.07, 6.45) is 5.83. The topological polar surface area (TPSA) is 99.3 Å². The molecule has 0 aliphatic carbocycles. The lowest BCUT2D eigenvalue weighted by Gasteiger charge is -2.11. The average Bonchev–Trinajstić information content (AvgIpc) is 3.29. The van der Waals surface area contributed by atoms with Crippen LogP contribution in [0.2, 0.25) is 0 Å². The monoisotopic (exact) mass is 366 g/mol. The summed E-state index contributed by atoms with van der Waals surface area (Å²) in [7, 11) is 0. The molecule has 3 aromatic heterocycles. The summed E-state index contributed by atoms with van der Waals surface area (Å²) < 4.78 is 0. The van der Waals surface area contributed by atoms with Crippen LogP contribution in [0, 0.1) is 0 Å². The molecule has 0 spiro atoms. The van der Waals surface area contributed by atoms with Gasteiger partial charge in [-0.05, 0) is 25.0 Å². The molecule has 1 aromatic carbocycles. The molecule has 132 valence electrons. The van der Waals surface area contributed by atoms with Gasteiger partial charge in [0.25, 0.3) is 0 Å². The molecular formula is C18H18N6OS. The number of carbonyl (C=O) groups is 1. The Kier molecular flexibility index (Phi) is 4.57. The number of fused-ring (bicyclic) bond motifs is 2. The van der Waals surface area contributed by atoms with E-state index in [0.29, 0.717) is 12.2 Å². The first kappa shape index (κ1) is 16.6. The Morgan fingerprint density at radius 2 is 2.12 bits per heavy atom. The van der Waals surface area contributed by atoms with E-state index in [-0.39, 0.29) is 11.2 Å². The number of rotatable bonds is 6. The van der Waals surface area contributed by atoms with Crippen LogP contribution in [0.15, 0.2) is 48.1 Å². The first-order valence-electron chi connectivity index (χ1n) is 8.36. The van der Waals surface area contributed by atoms with Gasteiger partial charge in [-0.3, -0.25) is 4.79 Å². The van der Waals surface area contributed by atoms with Crippen molar-refractivity contribution in [3.05, 3.63) is 48.7 Å². The highest BCUT2D eigenvalue weighted by atomic mass is 32.2. The van der Waals surface area contributed by atoms with E-state index in [1.165, 1.54) is 29.0 Å². The maximum absolute atomic E-state index is 12.4. The quantitative estimate of drug-likeness (QED) is 0.360. The molecule has 0 aliphatic heterocycles. The summed E-state index contributed by atoms with van der Waals surface area (Å²) in [5, 5.41) is 4.67. The number of aromatic nitrogens is 5.